The molecule has 2 nitrogen and oxygen atoms in total. The van der Waals surface area contributed by atoms with Gasteiger partial charge in [0.2, 0.25) is 0 Å². The van der Waals surface area contributed by atoms with Gasteiger partial charge in [0, 0.05) is 6.54 Å². The van der Waals surface area contributed by atoms with Crippen LogP contribution in [0.4, 0.5) is 0 Å². The molecule has 0 heterocycles. The maximum atomic E-state index is 11.6. The van der Waals surface area contributed by atoms with Crippen LogP contribution in [-0.2, 0) is 4.79 Å². The van der Waals surface area contributed by atoms with Crippen LogP contribution in [0.5, 0.6) is 0 Å². The molecule has 110 valence electrons. The van der Waals surface area contributed by atoms with Crippen LogP contribution < -0.4 is 10.5 Å². The third-order valence-electron chi connectivity index (χ3n) is 3.34. The molecule has 0 fully saturated rings. The summed E-state index contributed by atoms with van der Waals surface area (Å²) in [5.41, 5.74) is 0. The Hall–Kier alpha value is -0.483. The monoisotopic (exact) mass is 349 g/mol. The first-order valence-corrected chi connectivity index (χ1v) is 10.4. The number of carbonyl (C=O) groups excluding carboxylic acids is 1. The molecule has 0 aliphatic rings. The highest BCUT2D eigenvalue weighted by Crippen LogP contribution is 2.26. The molecule has 1 N–H and O–H groups in total. The molecule has 6 heteroatoms. The van der Waals surface area contributed by atoms with E-state index in [-0.39, 0.29) is 0 Å². The van der Waals surface area contributed by atoms with E-state index in [2.05, 4.69) is 30.5 Å². The Labute approximate surface area is 136 Å². The zero-order chi connectivity index (χ0) is 15.4. The molecule has 0 saturated carbocycles. The van der Waals surface area contributed by atoms with Crippen molar-refractivity contribution in [3.05, 3.63) is 41.6 Å². The van der Waals surface area contributed by atoms with Crippen molar-refractivity contribution in [2.75, 3.05) is 6.54 Å². The molecule has 20 heavy (non-hydrogen) atoms. The second-order valence-corrected chi connectivity index (χ2v) is 11.7. The Morgan fingerprint density at radius 1 is 1.25 bits per heavy atom. The normalized spacial score (nSPS) is 13.2. The molecular weight excluding hydrogens is 333 g/mol. The lowest BCUT2D eigenvalue weighted by Gasteiger charge is -2.27. The molecule has 0 atom stereocenters. The van der Waals surface area contributed by atoms with Gasteiger partial charge in [-0.3, -0.25) is 4.79 Å². The van der Waals surface area contributed by atoms with Gasteiger partial charge >= 0.3 is 0 Å². The van der Waals surface area contributed by atoms with Crippen LogP contribution in [0.25, 0.3) is 0 Å². The number of carbonyl (C=O) groups is 1. The molecular formula is C14H18Cl3NOSi. The van der Waals surface area contributed by atoms with Crippen LogP contribution in [0.15, 0.2) is 41.6 Å². The van der Waals surface area contributed by atoms with Crippen molar-refractivity contribution < 1.29 is 4.79 Å². The van der Waals surface area contributed by atoms with Crippen molar-refractivity contribution in [2.24, 2.45) is 0 Å². The van der Waals surface area contributed by atoms with Gasteiger partial charge in [0.15, 0.2) is 0 Å². The lowest BCUT2D eigenvalue weighted by molar-refractivity contribution is -0.120. The Kier molecular flexibility index (Phi) is 6.14. The summed E-state index contributed by atoms with van der Waals surface area (Å²) < 4.78 is -1.92. The predicted molar refractivity (Wildman–Crippen MR) is 90.6 cm³/mol. The summed E-state index contributed by atoms with van der Waals surface area (Å²) in [6.07, 6.45) is 2.04. The number of hydrogen-bond donors (Lipinski definition) is 1. The van der Waals surface area contributed by atoms with Crippen molar-refractivity contribution >= 4 is 54.0 Å². The minimum atomic E-state index is -1.92. The molecule has 0 bridgehead atoms. The number of benzene rings is 1. The number of allylic oxidation sites excluding steroid dienone is 1. The third-order valence-corrected chi connectivity index (χ3v) is 7.71. The molecule has 0 aliphatic carbocycles. The largest absolute Gasteiger partial charge is 0.349 e. The lowest BCUT2D eigenvalue weighted by Crippen LogP contribution is -2.48. The highest BCUT2D eigenvalue weighted by atomic mass is 35.6. The van der Waals surface area contributed by atoms with Crippen molar-refractivity contribution in [3.8, 4) is 0 Å². The molecule has 1 aromatic carbocycles. The highest BCUT2D eigenvalue weighted by Gasteiger charge is 2.32. The first-order chi connectivity index (χ1) is 9.19. The summed E-state index contributed by atoms with van der Waals surface area (Å²) in [4.78, 5) is 11.6. The summed E-state index contributed by atoms with van der Waals surface area (Å²) >= 11 is 16.7. The van der Waals surface area contributed by atoms with Gasteiger partial charge in [-0.05, 0) is 6.92 Å². The second-order valence-electron chi connectivity index (χ2n) is 4.99. The molecule has 0 unspecified atom stereocenters. The molecule has 0 aromatic heterocycles. The number of rotatable bonds is 4. The maximum absolute atomic E-state index is 11.6. The number of nitrogens with one attached hydrogen (secondary N) is 1. The fraction of sp³-hybridized carbons (Fsp3) is 0.357. The van der Waals surface area contributed by atoms with E-state index in [1.54, 1.807) is 0 Å². The molecule has 0 aliphatic heterocycles. The topological polar surface area (TPSA) is 29.1 Å². The van der Waals surface area contributed by atoms with Gasteiger partial charge in [0.05, 0.1) is 0 Å². The van der Waals surface area contributed by atoms with Crippen molar-refractivity contribution in [1.82, 2.24) is 5.32 Å². The molecule has 0 spiro atoms. The Morgan fingerprint density at radius 3 is 2.25 bits per heavy atom. The number of hydrogen-bond acceptors (Lipinski definition) is 1. The zero-order valence-electron chi connectivity index (χ0n) is 11.7. The minimum Gasteiger partial charge on any atom is -0.349 e. The van der Waals surface area contributed by atoms with E-state index in [1.807, 2.05) is 31.2 Å². The standard InChI is InChI=1S/C14H18Cl3NOSi/c1-4-11(10-18-13(19)14(15,16)17)20(2,3)12-8-6-5-7-9-12/h4-9H,10H2,1-3H3,(H,18,19)/b11-4-. The first-order valence-electron chi connectivity index (χ1n) is 6.25. The van der Waals surface area contributed by atoms with Gasteiger partial charge in [-0.2, -0.15) is 0 Å². The van der Waals surface area contributed by atoms with E-state index in [1.165, 1.54) is 10.4 Å². The van der Waals surface area contributed by atoms with Crippen molar-refractivity contribution in [1.29, 1.82) is 0 Å². The molecule has 1 aromatic rings. The zero-order valence-corrected chi connectivity index (χ0v) is 15.0. The fourth-order valence-corrected chi connectivity index (χ4v) is 4.85. The average Bonchev–Trinajstić information content (AvgIpc) is 2.38. The van der Waals surface area contributed by atoms with Gasteiger partial charge in [-0.15, -0.1) is 0 Å². The maximum Gasteiger partial charge on any atom is 0.272 e. The van der Waals surface area contributed by atoms with E-state index in [0.29, 0.717) is 6.54 Å². The summed E-state index contributed by atoms with van der Waals surface area (Å²) in [6.45, 7) is 6.84. The third kappa shape index (κ3) is 4.52. The SMILES string of the molecule is C/C=C(/CNC(=O)C(Cl)(Cl)Cl)[Si](C)(C)c1ccccc1. The quantitative estimate of drug-likeness (QED) is 0.653. The summed E-state index contributed by atoms with van der Waals surface area (Å²) in [6, 6.07) is 10.3. The molecule has 1 amide bonds. The van der Waals surface area contributed by atoms with Crippen LogP contribution in [0.2, 0.25) is 13.1 Å². The fourth-order valence-electron chi connectivity index (χ4n) is 2.00. The molecule has 0 radical (unpaired) electrons. The molecule has 0 saturated heterocycles. The number of alkyl halides is 3. The summed E-state index contributed by atoms with van der Waals surface area (Å²) in [7, 11) is -1.82. The van der Waals surface area contributed by atoms with Crippen LogP contribution in [0, 0.1) is 0 Å². The molecule has 1 rings (SSSR count). The van der Waals surface area contributed by atoms with E-state index in [9.17, 15) is 4.79 Å². The van der Waals surface area contributed by atoms with Gasteiger partial charge < -0.3 is 5.32 Å². The number of halogens is 3. The minimum absolute atomic E-state index is 0.400. The van der Waals surface area contributed by atoms with Gasteiger partial charge in [0.25, 0.3) is 9.70 Å². The van der Waals surface area contributed by atoms with E-state index >= 15 is 0 Å². The van der Waals surface area contributed by atoms with E-state index in [0.717, 1.165) is 0 Å². The van der Waals surface area contributed by atoms with Crippen LogP contribution in [0.1, 0.15) is 6.92 Å². The second kappa shape index (κ2) is 6.99. The summed E-state index contributed by atoms with van der Waals surface area (Å²) in [5, 5.41) is 5.17. The smallest absolute Gasteiger partial charge is 0.272 e. The number of amides is 1. The van der Waals surface area contributed by atoms with Crippen LogP contribution >= 0.6 is 34.8 Å². The van der Waals surface area contributed by atoms with E-state index < -0.39 is 17.8 Å². The van der Waals surface area contributed by atoms with Crippen LogP contribution in [-0.4, -0.2) is 24.3 Å². The predicted octanol–water partition coefficient (Wildman–Crippen LogP) is 3.57. The van der Waals surface area contributed by atoms with Crippen molar-refractivity contribution in [2.45, 2.75) is 23.8 Å². The Bertz CT molecular complexity index is 495. The van der Waals surface area contributed by atoms with E-state index in [4.69, 9.17) is 34.8 Å². The van der Waals surface area contributed by atoms with Gasteiger partial charge in [-0.25, -0.2) is 0 Å². The average molecular weight is 351 g/mol. The first kappa shape index (κ1) is 17.6. The summed E-state index contributed by atoms with van der Waals surface area (Å²) in [5.74, 6) is -0.597. The Balaban J connectivity index is 2.85. The highest BCUT2D eigenvalue weighted by molar-refractivity contribution is 6.95. The Morgan fingerprint density at radius 2 is 1.80 bits per heavy atom. The van der Waals surface area contributed by atoms with Crippen LogP contribution in [0.3, 0.4) is 0 Å². The van der Waals surface area contributed by atoms with Gasteiger partial charge in [-0.1, -0.05) is 94.7 Å². The lowest BCUT2D eigenvalue weighted by atomic mass is 10.4. The van der Waals surface area contributed by atoms with Gasteiger partial charge in [0.1, 0.15) is 8.07 Å². The van der Waals surface area contributed by atoms with Crippen molar-refractivity contribution in [3.63, 3.8) is 0 Å².